The van der Waals surface area contributed by atoms with E-state index in [9.17, 15) is 4.79 Å². The van der Waals surface area contributed by atoms with Gasteiger partial charge >= 0.3 is 0 Å². The molecule has 0 aliphatic heterocycles. The molecule has 0 radical (unpaired) electrons. The molecule has 0 amide bonds. The Morgan fingerprint density at radius 2 is 2.56 bits per heavy atom. The van der Waals surface area contributed by atoms with Crippen molar-refractivity contribution in [2.75, 3.05) is 0 Å². The lowest BCUT2D eigenvalue weighted by atomic mass is 10.1. The first-order valence-corrected chi connectivity index (χ1v) is 3.76. The fourth-order valence-corrected chi connectivity index (χ4v) is 1.38. The second-order valence-electron chi connectivity index (χ2n) is 1.98. The molecule has 48 valence electrons. The van der Waals surface area contributed by atoms with Gasteiger partial charge in [0.1, 0.15) is 6.29 Å². The van der Waals surface area contributed by atoms with Crippen LogP contribution in [0.1, 0.15) is 18.4 Å². The highest BCUT2D eigenvalue weighted by molar-refractivity contribution is 7.08. The zero-order valence-corrected chi connectivity index (χ0v) is 6.02. The van der Waals surface area contributed by atoms with Crippen LogP contribution in [-0.2, 0) is 4.79 Å². The summed E-state index contributed by atoms with van der Waals surface area (Å²) in [5.41, 5.74) is 1.12. The molecule has 0 bridgehead atoms. The lowest BCUT2D eigenvalue weighted by molar-refractivity contribution is -0.108. The first kappa shape index (κ1) is 6.49. The van der Waals surface area contributed by atoms with Crippen molar-refractivity contribution in [2.45, 2.75) is 12.8 Å². The van der Waals surface area contributed by atoms with Crippen molar-refractivity contribution in [3.63, 3.8) is 0 Å². The van der Waals surface area contributed by atoms with Crippen molar-refractivity contribution in [2.24, 2.45) is 0 Å². The third-order valence-electron chi connectivity index (χ3n) is 1.27. The lowest BCUT2D eigenvalue weighted by Crippen LogP contribution is -1.89. The molecule has 0 N–H and O–H groups in total. The van der Waals surface area contributed by atoms with Crippen LogP contribution in [-0.4, -0.2) is 6.29 Å². The van der Waals surface area contributed by atoms with Crippen molar-refractivity contribution in [1.82, 2.24) is 0 Å². The first-order chi connectivity index (χ1) is 4.34. The summed E-state index contributed by atoms with van der Waals surface area (Å²) < 4.78 is 0. The van der Waals surface area contributed by atoms with Gasteiger partial charge < -0.3 is 4.79 Å². The maximum atomic E-state index is 10.2. The monoisotopic (exact) mass is 140 g/mol. The number of carbonyl (C=O) groups is 1. The van der Waals surface area contributed by atoms with Crippen LogP contribution in [0.3, 0.4) is 0 Å². The maximum Gasteiger partial charge on any atom is 0.127 e. The number of thiophene rings is 1. The largest absolute Gasteiger partial charge is 0.303 e. The summed E-state index contributed by atoms with van der Waals surface area (Å²) in [7, 11) is 0. The Hall–Kier alpha value is -0.630. The van der Waals surface area contributed by atoms with E-state index in [-0.39, 0.29) is 5.92 Å². The van der Waals surface area contributed by atoms with Crippen LogP contribution in [0, 0.1) is 0 Å². The predicted molar refractivity (Wildman–Crippen MR) is 38.8 cm³/mol. The van der Waals surface area contributed by atoms with Gasteiger partial charge in [0.2, 0.25) is 0 Å². The zero-order chi connectivity index (χ0) is 6.69. The van der Waals surface area contributed by atoms with Crippen LogP contribution >= 0.6 is 11.3 Å². The summed E-state index contributed by atoms with van der Waals surface area (Å²) in [4.78, 5) is 10.2. The quantitative estimate of drug-likeness (QED) is 0.574. The Bertz CT molecular complexity index is 179. The number of carbonyl (C=O) groups excluding carboxylic acids is 1. The van der Waals surface area contributed by atoms with E-state index in [1.165, 1.54) is 0 Å². The minimum absolute atomic E-state index is 0.0660. The van der Waals surface area contributed by atoms with Crippen LogP contribution in [0.4, 0.5) is 0 Å². The van der Waals surface area contributed by atoms with Crippen molar-refractivity contribution < 1.29 is 4.79 Å². The fraction of sp³-hybridized carbons (Fsp3) is 0.286. The highest BCUT2D eigenvalue weighted by atomic mass is 32.1. The molecule has 1 aromatic heterocycles. The van der Waals surface area contributed by atoms with Gasteiger partial charge in [-0.15, -0.1) is 0 Å². The molecular weight excluding hydrogens is 132 g/mol. The zero-order valence-electron chi connectivity index (χ0n) is 5.20. The molecule has 0 aliphatic rings. The average molecular weight is 140 g/mol. The van der Waals surface area contributed by atoms with Gasteiger partial charge in [0.05, 0.1) is 0 Å². The summed E-state index contributed by atoms with van der Waals surface area (Å²) in [5, 5.41) is 3.98. The van der Waals surface area contributed by atoms with Crippen LogP contribution in [0.25, 0.3) is 0 Å². The molecule has 0 saturated heterocycles. The molecule has 2 heteroatoms. The highest BCUT2D eigenvalue weighted by Gasteiger charge is 2.01. The Labute approximate surface area is 58.3 Å². The molecule has 1 rings (SSSR count). The number of hydrogen-bond donors (Lipinski definition) is 0. The highest BCUT2D eigenvalue weighted by Crippen LogP contribution is 2.15. The van der Waals surface area contributed by atoms with E-state index in [2.05, 4.69) is 0 Å². The van der Waals surface area contributed by atoms with Gasteiger partial charge in [-0.25, -0.2) is 0 Å². The molecule has 1 atom stereocenters. The van der Waals surface area contributed by atoms with Gasteiger partial charge in [-0.3, -0.25) is 0 Å². The van der Waals surface area contributed by atoms with Crippen molar-refractivity contribution in [1.29, 1.82) is 0 Å². The normalized spacial score (nSPS) is 13.0. The van der Waals surface area contributed by atoms with Crippen molar-refractivity contribution in [3.05, 3.63) is 22.4 Å². The van der Waals surface area contributed by atoms with Crippen LogP contribution in [0.15, 0.2) is 16.8 Å². The van der Waals surface area contributed by atoms with Gasteiger partial charge in [-0.1, -0.05) is 6.92 Å². The molecule has 0 fully saturated rings. The van der Waals surface area contributed by atoms with E-state index < -0.39 is 0 Å². The SMILES string of the molecule is C[C@@H](C=O)c1ccsc1. The standard InChI is InChI=1S/C7H8OS/c1-6(4-8)7-2-3-9-5-7/h2-6H,1H3/t6-/m0/s1. The second-order valence-corrected chi connectivity index (χ2v) is 2.76. The van der Waals surface area contributed by atoms with Gasteiger partial charge in [-0.05, 0) is 22.4 Å². The molecule has 0 saturated carbocycles. The molecule has 0 spiro atoms. The van der Waals surface area contributed by atoms with E-state index in [1.54, 1.807) is 11.3 Å². The summed E-state index contributed by atoms with van der Waals surface area (Å²) >= 11 is 1.62. The Morgan fingerprint density at radius 1 is 1.78 bits per heavy atom. The van der Waals surface area contributed by atoms with E-state index >= 15 is 0 Å². The van der Waals surface area contributed by atoms with E-state index in [1.807, 2.05) is 23.8 Å². The molecule has 0 aliphatic carbocycles. The van der Waals surface area contributed by atoms with E-state index in [4.69, 9.17) is 0 Å². The molecule has 0 aromatic carbocycles. The minimum atomic E-state index is 0.0660. The lowest BCUT2D eigenvalue weighted by Gasteiger charge is -1.95. The Kier molecular flexibility index (Phi) is 2.01. The topological polar surface area (TPSA) is 17.1 Å². The molecule has 1 nitrogen and oxygen atoms in total. The molecule has 1 heterocycles. The number of aldehydes is 1. The van der Waals surface area contributed by atoms with E-state index in [0.717, 1.165) is 11.8 Å². The van der Waals surface area contributed by atoms with Crippen molar-refractivity contribution >= 4 is 17.6 Å². The third kappa shape index (κ3) is 1.39. The third-order valence-corrected chi connectivity index (χ3v) is 1.97. The molecule has 0 unspecified atom stereocenters. The Balaban J connectivity index is 2.76. The van der Waals surface area contributed by atoms with E-state index in [0.29, 0.717) is 0 Å². The average Bonchev–Trinajstić information content (AvgIpc) is 2.37. The minimum Gasteiger partial charge on any atom is -0.303 e. The summed E-state index contributed by atoms with van der Waals surface area (Å²) in [5.74, 6) is 0.0660. The van der Waals surface area contributed by atoms with Gasteiger partial charge in [0, 0.05) is 5.92 Å². The van der Waals surface area contributed by atoms with Crippen LogP contribution in [0.2, 0.25) is 0 Å². The smallest absolute Gasteiger partial charge is 0.127 e. The fourth-order valence-electron chi connectivity index (χ4n) is 0.613. The maximum absolute atomic E-state index is 10.2. The predicted octanol–water partition coefficient (Wildman–Crippen LogP) is 2.05. The number of rotatable bonds is 2. The van der Waals surface area contributed by atoms with Gasteiger partial charge in [0.25, 0.3) is 0 Å². The summed E-state index contributed by atoms with van der Waals surface area (Å²) in [6, 6.07) is 1.98. The van der Waals surface area contributed by atoms with Crippen molar-refractivity contribution in [3.8, 4) is 0 Å². The Morgan fingerprint density at radius 3 is 3.00 bits per heavy atom. The van der Waals surface area contributed by atoms with Gasteiger partial charge in [-0.2, -0.15) is 11.3 Å². The van der Waals surface area contributed by atoms with Crippen LogP contribution < -0.4 is 0 Å². The first-order valence-electron chi connectivity index (χ1n) is 2.82. The number of hydrogen-bond acceptors (Lipinski definition) is 2. The summed E-state index contributed by atoms with van der Waals surface area (Å²) in [6.07, 6.45) is 0.960. The molecule has 1 aromatic rings. The second kappa shape index (κ2) is 2.78. The molecule has 9 heavy (non-hydrogen) atoms. The van der Waals surface area contributed by atoms with Gasteiger partial charge in [0.15, 0.2) is 0 Å². The molecular formula is C7H8OS. The van der Waals surface area contributed by atoms with Crippen LogP contribution in [0.5, 0.6) is 0 Å². The summed E-state index contributed by atoms with van der Waals surface area (Å²) in [6.45, 7) is 1.90.